The van der Waals surface area contributed by atoms with E-state index in [-0.39, 0.29) is 0 Å². The lowest BCUT2D eigenvalue weighted by Gasteiger charge is -2.28. The van der Waals surface area contributed by atoms with Crippen molar-refractivity contribution in [2.45, 2.75) is 37.8 Å². The normalized spacial score (nSPS) is 36.2. The number of hydrogen-bond acceptors (Lipinski definition) is 3. The van der Waals surface area contributed by atoms with Gasteiger partial charge in [-0.05, 0) is 12.8 Å². The molecule has 0 N–H and O–H groups in total. The molecule has 2 heterocycles. The third kappa shape index (κ3) is 0.929. The zero-order chi connectivity index (χ0) is 8.84. The van der Waals surface area contributed by atoms with Crippen molar-refractivity contribution in [3.8, 4) is 0 Å². The average molecular weight is 177 g/mol. The van der Waals surface area contributed by atoms with Gasteiger partial charge in [-0.1, -0.05) is 12.8 Å². The van der Waals surface area contributed by atoms with E-state index >= 15 is 0 Å². The largest absolute Gasteiger partial charge is 0.321 e. The van der Waals surface area contributed by atoms with E-state index in [1.807, 2.05) is 0 Å². The minimum Gasteiger partial charge on any atom is -0.321 e. The lowest BCUT2D eigenvalue weighted by molar-refractivity contribution is 0.294. The molecule has 0 spiro atoms. The second kappa shape index (κ2) is 2.50. The van der Waals surface area contributed by atoms with Gasteiger partial charge in [0.2, 0.25) is 5.96 Å². The number of hydrogen-bond donors (Lipinski definition) is 0. The van der Waals surface area contributed by atoms with Crippen LogP contribution in [-0.2, 0) is 0 Å². The van der Waals surface area contributed by atoms with Crippen molar-refractivity contribution >= 4 is 5.96 Å². The summed E-state index contributed by atoms with van der Waals surface area (Å²) in [6, 6.07) is 1.25. The molecular formula is C10H15N3. The zero-order valence-corrected chi connectivity index (χ0v) is 7.98. The molecule has 0 radical (unpaired) electrons. The first-order valence-electron chi connectivity index (χ1n) is 5.13. The van der Waals surface area contributed by atoms with Crippen LogP contribution >= 0.6 is 0 Å². The molecule has 3 nitrogen and oxygen atoms in total. The van der Waals surface area contributed by atoms with Gasteiger partial charge in [0.05, 0.1) is 12.1 Å². The molecule has 13 heavy (non-hydrogen) atoms. The minimum absolute atomic E-state index is 0.580. The van der Waals surface area contributed by atoms with Crippen LogP contribution < -0.4 is 0 Å². The molecular weight excluding hydrogens is 162 g/mol. The van der Waals surface area contributed by atoms with E-state index in [2.05, 4.69) is 29.2 Å². The maximum absolute atomic E-state index is 4.76. The molecule has 2 aliphatic heterocycles. The number of nitrogens with zero attached hydrogens (tertiary/aromatic N) is 3. The van der Waals surface area contributed by atoms with Crippen LogP contribution in [0.25, 0.3) is 0 Å². The van der Waals surface area contributed by atoms with Crippen molar-refractivity contribution in [2.75, 3.05) is 7.05 Å². The van der Waals surface area contributed by atoms with E-state index in [4.69, 9.17) is 4.99 Å². The Hall–Kier alpha value is -0.990. The average Bonchev–Trinajstić information content (AvgIpc) is 2.67. The molecule has 2 unspecified atom stereocenters. The summed E-state index contributed by atoms with van der Waals surface area (Å²) in [7, 11) is 2.08. The lowest BCUT2D eigenvalue weighted by atomic mass is 9.91. The van der Waals surface area contributed by atoms with Gasteiger partial charge in [-0.2, -0.15) is 0 Å². The molecule has 70 valence electrons. The molecule has 3 rings (SSSR count). The number of aliphatic imine (C=N–C) groups is 1. The minimum atomic E-state index is 0.580. The first-order valence-corrected chi connectivity index (χ1v) is 5.13. The molecule has 2 atom stereocenters. The first kappa shape index (κ1) is 7.42. The van der Waals surface area contributed by atoms with E-state index in [1.54, 1.807) is 0 Å². The number of rotatable bonds is 0. The Kier molecular flexibility index (Phi) is 1.43. The lowest BCUT2D eigenvalue weighted by Crippen LogP contribution is -2.38. The molecule has 3 aliphatic rings. The summed E-state index contributed by atoms with van der Waals surface area (Å²) in [5, 5.41) is 0. The monoisotopic (exact) mass is 177 g/mol. The molecule has 3 heteroatoms. The molecule has 0 aromatic heterocycles. The fourth-order valence-electron chi connectivity index (χ4n) is 2.62. The highest BCUT2D eigenvalue weighted by molar-refractivity contribution is 5.86. The second-order valence-electron chi connectivity index (χ2n) is 4.16. The van der Waals surface area contributed by atoms with Crippen molar-refractivity contribution < 1.29 is 0 Å². The molecule has 1 saturated carbocycles. The molecule has 1 fully saturated rings. The third-order valence-corrected chi connectivity index (χ3v) is 3.33. The van der Waals surface area contributed by atoms with Crippen molar-refractivity contribution in [3.63, 3.8) is 0 Å². The molecule has 0 aromatic rings. The van der Waals surface area contributed by atoms with Gasteiger partial charge in [0.25, 0.3) is 0 Å². The second-order valence-corrected chi connectivity index (χ2v) is 4.16. The molecule has 0 amide bonds. The Morgan fingerprint density at radius 2 is 2.15 bits per heavy atom. The summed E-state index contributed by atoms with van der Waals surface area (Å²) in [6.07, 6.45) is 9.61. The van der Waals surface area contributed by atoms with E-state index in [1.165, 1.54) is 25.7 Å². The van der Waals surface area contributed by atoms with E-state index in [0.29, 0.717) is 12.1 Å². The quantitative estimate of drug-likeness (QED) is 0.556. The van der Waals surface area contributed by atoms with Gasteiger partial charge in [-0.15, -0.1) is 0 Å². The highest BCUT2D eigenvalue weighted by atomic mass is 15.4. The van der Waals surface area contributed by atoms with Crippen LogP contribution in [0.15, 0.2) is 17.4 Å². The summed E-state index contributed by atoms with van der Waals surface area (Å²) in [5.74, 6) is 1.16. The third-order valence-electron chi connectivity index (χ3n) is 3.33. The smallest absolute Gasteiger partial charge is 0.205 e. The van der Waals surface area contributed by atoms with Crippen molar-refractivity contribution in [2.24, 2.45) is 4.99 Å². The zero-order valence-electron chi connectivity index (χ0n) is 7.98. The standard InChI is InChI=1S/C10H15N3/c1-12-6-7-13-9-5-3-2-4-8(9)11-10(12)13/h6-9H,2-5H2,1H3. The molecule has 1 aliphatic carbocycles. The Balaban J connectivity index is 1.91. The van der Waals surface area contributed by atoms with Crippen molar-refractivity contribution in [3.05, 3.63) is 12.4 Å². The van der Waals surface area contributed by atoms with Gasteiger partial charge in [0.15, 0.2) is 0 Å². The van der Waals surface area contributed by atoms with E-state index in [0.717, 1.165) is 5.96 Å². The van der Waals surface area contributed by atoms with Gasteiger partial charge in [0, 0.05) is 19.4 Å². The molecule has 0 aromatic carbocycles. The Morgan fingerprint density at radius 3 is 3.08 bits per heavy atom. The van der Waals surface area contributed by atoms with Gasteiger partial charge in [0.1, 0.15) is 0 Å². The van der Waals surface area contributed by atoms with Gasteiger partial charge in [-0.25, -0.2) is 4.99 Å². The SMILES string of the molecule is CN1C=CN2C1=NC1CCCCC12. The maximum atomic E-state index is 4.76. The van der Waals surface area contributed by atoms with Crippen LogP contribution in [0, 0.1) is 0 Å². The van der Waals surface area contributed by atoms with E-state index < -0.39 is 0 Å². The summed E-state index contributed by atoms with van der Waals surface area (Å²) >= 11 is 0. The van der Waals surface area contributed by atoms with Crippen LogP contribution in [0.4, 0.5) is 0 Å². The Morgan fingerprint density at radius 1 is 1.31 bits per heavy atom. The summed E-state index contributed by atoms with van der Waals surface area (Å²) < 4.78 is 0. The number of guanidine groups is 1. The summed E-state index contributed by atoms with van der Waals surface area (Å²) in [5.41, 5.74) is 0. The summed E-state index contributed by atoms with van der Waals surface area (Å²) in [6.45, 7) is 0. The van der Waals surface area contributed by atoms with Crippen LogP contribution in [-0.4, -0.2) is 34.9 Å². The van der Waals surface area contributed by atoms with Crippen LogP contribution in [0.2, 0.25) is 0 Å². The topological polar surface area (TPSA) is 18.8 Å². The maximum Gasteiger partial charge on any atom is 0.205 e. The predicted octanol–water partition coefficient (Wildman–Crippen LogP) is 1.39. The first-order chi connectivity index (χ1) is 6.36. The van der Waals surface area contributed by atoms with Crippen molar-refractivity contribution in [1.29, 1.82) is 0 Å². The number of fused-ring (bicyclic) bond motifs is 3. The predicted molar refractivity (Wildman–Crippen MR) is 52.2 cm³/mol. The highest BCUT2D eigenvalue weighted by Crippen LogP contribution is 2.33. The van der Waals surface area contributed by atoms with E-state index in [9.17, 15) is 0 Å². The molecule has 0 bridgehead atoms. The van der Waals surface area contributed by atoms with Crippen LogP contribution in [0.3, 0.4) is 0 Å². The molecule has 0 saturated heterocycles. The van der Waals surface area contributed by atoms with Gasteiger partial charge < -0.3 is 9.80 Å². The van der Waals surface area contributed by atoms with Gasteiger partial charge in [-0.3, -0.25) is 0 Å². The van der Waals surface area contributed by atoms with Crippen molar-refractivity contribution in [1.82, 2.24) is 9.80 Å². The fraction of sp³-hybridized carbons (Fsp3) is 0.700. The van der Waals surface area contributed by atoms with Crippen LogP contribution in [0.5, 0.6) is 0 Å². The van der Waals surface area contributed by atoms with Crippen LogP contribution in [0.1, 0.15) is 25.7 Å². The fourth-order valence-corrected chi connectivity index (χ4v) is 2.62. The Bertz CT molecular complexity index is 282. The Labute approximate surface area is 78.7 Å². The summed E-state index contributed by atoms with van der Waals surface area (Å²) in [4.78, 5) is 9.23. The van der Waals surface area contributed by atoms with Gasteiger partial charge >= 0.3 is 0 Å². The highest BCUT2D eigenvalue weighted by Gasteiger charge is 2.39.